The van der Waals surface area contributed by atoms with E-state index in [1.54, 1.807) is 11.8 Å². The first-order valence-corrected chi connectivity index (χ1v) is 8.95. The molecule has 2 saturated heterocycles. The molecule has 7 heteroatoms. The van der Waals surface area contributed by atoms with Crippen LogP contribution in [0.4, 0.5) is 11.4 Å². The molecule has 23 heavy (non-hydrogen) atoms. The lowest BCUT2D eigenvalue weighted by Gasteiger charge is -2.23. The summed E-state index contributed by atoms with van der Waals surface area (Å²) < 4.78 is 0. The number of nitrogens with zero attached hydrogens (tertiary/aromatic N) is 1. The van der Waals surface area contributed by atoms with E-state index in [-0.39, 0.29) is 36.8 Å². The van der Waals surface area contributed by atoms with Crippen LogP contribution in [-0.2, 0) is 4.79 Å². The SMILES string of the molecule is Cl.Cl.O=C(Nc1cccc(N2CCCCCC2)c1)C1CSCN1. The van der Waals surface area contributed by atoms with Crippen LogP contribution in [0.3, 0.4) is 0 Å². The van der Waals surface area contributed by atoms with E-state index in [0.717, 1.165) is 30.4 Å². The molecule has 0 bridgehead atoms. The number of benzene rings is 1. The van der Waals surface area contributed by atoms with Crippen molar-refractivity contribution < 1.29 is 4.79 Å². The zero-order chi connectivity index (χ0) is 14.5. The molecule has 3 rings (SSSR count). The maximum absolute atomic E-state index is 12.2. The number of amides is 1. The van der Waals surface area contributed by atoms with Gasteiger partial charge in [0.1, 0.15) is 0 Å². The van der Waals surface area contributed by atoms with Crippen LogP contribution >= 0.6 is 36.6 Å². The maximum atomic E-state index is 12.2. The monoisotopic (exact) mass is 377 g/mol. The summed E-state index contributed by atoms with van der Waals surface area (Å²) in [6.07, 6.45) is 5.19. The van der Waals surface area contributed by atoms with Gasteiger partial charge in [-0.2, -0.15) is 0 Å². The summed E-state index contributed by atoms with van der Waals surface area (Å²) in [5, 5.41) is 6.24. The Morgan fingerprint density at radius 1 is 1.17 bits per heavy atom. The first kappa shape index (κ1) is 20.4. The number of carbonyl (C=O) groups is 1. The molecular weight excluding hydrogens is 353 g/mol. The molecule has 0 saturated carbocycles. The van der Waals surface area contributed by atoms with Gasteiger partial charge in [0.05, 0.1) is 6.04 Å². The molecule has 2 aliphatic heterocycles. The Bertz CT molecular complexity index is 490. The molecule has 2 aliphatic rings. The first-order chi connectivity index (χ1) is 10.3. The van der Waals surface area contributed by atoms with E-state index in [2.05, 4.69) is 27.7 Å². The second kappa shape index (κ2) is 10.3. The van der Waals surface area contributed by atoms with E-state index in [1.807, 2.05) is 12.1 Å². The van der Waals surface area contributed by atoms with Gasteiger partial charge in [-0.1, -0.05) is 18.9 Å². The number of anilines is 2. The molecule has 0 spiro atoms. The lowest BCUT2D eigenvalue weighted by molar-refractivity contribution is -0.117. The van der Waals surface area contributed by atoms with Crippen molar-refractivity contribution in [2.45, 2.75) is 31.7 Å². The quantitative estimate of drug-likeness (QED) is 0.845. The highest BCUT2D eigenvalue weighted by Gasteiger charge is 2.22. The van der Waals surface area contributed by atoms with Crippen LogP contribution < -0.4 is 15.5 Å². The van der Waals surface area contributed by atoms with Gasteiger partial charge in [-0.05, 0) is 31.0 Å². The minimum absolute atomic E-state index is 0. The van der Waals surface area contributed by atoms with E-state index in [1.165, 1.54) is 31.4 Å². The van der Waals surface area contributed by atoms with Crippen molar-refractivity contribution in [1.82, 2.24) is 5.32 Å². The number of nitrogens with one attached hydrogen (secondary N) is 2. The fourth-order valence-electron chi connectivity index (χ4n) is 2.90. The number of carbonyl (C=O) groups excluding carboxylic acids is 1. The van der Waals surface area contributed by atoms with Crippen molar-refractivity contribution in [3.8, 4) is 0 Å². The Labute approximate surface area is 155 Å². The molecule has 1 aromatic rings. The average molecular weight is 378 g/mol. The summed E-state index contributed by atoms with van der Waals surface area (Å²) >= 11 is 1.77. The zero-order valence-electron chi connectivity index (χ0n) is 13.1. The summed E-state index contributed by atoms with van der Waals surface area (Å²) in [7, 11) is 0. The topological polar surface area (TPSA) is 44.4 Å². The van der Waals surface area contributed by atoms with Crippen molar-refractivity contribution in [1.29, 1.82) is 0 Å². The Balaban J connectivity index is 0.00000132. The highest BCUT2D eigenvalue weighted by molar-refractivity contribution is 7.99. The lowest BCUT2D eigenvalue weighted by atomic mass is 10.2. The van der Waals surface area contributed by atoms with Crippen molar-refractivity contribution in [3.05, 3.63) is 24.3 Å². The first-order valence-electron chi connectivity index (χ1n) is 7.80. The highest BCUT2D eigenvalue weighted by atomic mass is 35.5. The second-order valence-electron chi connectivity index (χ2n) is 5.71. The van der Waals surface area contributed by atoms with Crippen LogP contribution in [0.15, 0.2) is 24.3 Å². The molecule has 1 aromatic carbocycles. The number of hydrogen-bond donors (Lipinski definition) is 2. The van der Waals surface area contributed by atoms with Crippen molar-refractivity contribution in [2.75, 3.05) is 34.9 Å². The van der Waals surface area contributed by atoms with Crippen LogP contribution in [0.2, 0.25) is 0 Å². The third-order valence-electron chi connectivity index (χ3n) is 4.12. The summed E-state index contributed by atoms with van der Waals surface area (Å²) in [6, 6.07) is 8.20. The predicted molar refractivity (Wildman–Crippen MR) is 104 cm³/mol. The van der Waals surface area contributed by atoms with Gasteiger partial charge in [0.2, 0.25) is 5.91 Å². The van der Waals surface area contributed by atoms with Gasteiger partial charge < -0.3 is 10.2 Å². The number of thioether (sulfide) groups is 1. The molecular formula is C16H25Cl2N3OS. The summed E-state index contributed by atoms with van der Waals surface area (Å²) in [5.74, 6) is 1.80. The van der Waals surface area contributed by atoms with Gasteiger partial charge >= 0.3 is 0 Å². The van der Waals surface area contributed by atoms with Crippen LogP contribution in [0.25, 0.3) is 0 Å². The molecule has 1 unspecified atom stereocenters. The van der Waals surface area contributed by atoms with Crippen molar-refractivity contribution in [2.24, 2.45) is 0 Å². The van der Waals surface area contributed by atoms with Crippen molar-refractivity contribution >= 4 is 53.9 Å². The fraction of sp³-hybridized carbons (Fsp3) is 0.562. The molecule has 1 atom stereocenters. The van der Waals surface area contributed by atoms with E-state index < -0.39 is 0 Å². The van der Waals surface area contributed by atoms with E-state index in [0.29, 0.717) is 0 Å². The average Bonchev–Trinajstić information content (AvgIpc) is 2.90. The predicted octanol–water partition coefficient (Wildman–Crippen LogP) is 3.51. The molecule has 2 N–H and O–H groups in total. The number of halogens is 2. The highest BCUT2D eigenvalue weighted by Crippen LogP contribution is 2.23. The molecule has 130 valence electrons. The number of hydrogen-bond acceptors (Lipinski definition) is 4. The second-order valence-corrected chi connectivity index (χ2v) is 6.74. The van der Waals surface area contributed by atoms with Crippen LogP contribution in [-0.4, -0.2) is 36.7 Å². The van der Waals surface area contributed by atoms with Crippen LogP contribution in [0.5, 0.6) is 0 Å². The normalized spacial score (nSPS) is 20.9. The molecule has 2 fully saturated rings. The molecule has 0 aromatic heterocycles. The van der Waals surface area contributed by atoms with E-state index >= 15 is 0 Å². The Kier molecular flexibility index (Phi) is 9.14. The minimum Gasteiger partial charge on any atom is -0.371 e. The number of rotatable bonds is 3. The van der Waals surface area contributed by atoms with Gasteiger partial charge in [0, 0.05) is 36.1 Å². The molecule has 4 nitrogen and oxygen atoms in total. The largest absolute Gasteiger partial charge is 0.371 e. The molecule has 0 aliphatic carbocycles. The van der Waals surface area contributed by atoms with Gasteiger partial charge in [-0.3, -0.25) is 10.1 Å². The van der Waals surface area contributed by atoms with Gasteiger partial charge in [0.15, 0.2) is 0 Å². The smallest absolute Gasteiger partial charge is 0.242 e. The molecule has 1 amide bonds. The third kappa shape index (κ3) is 5.75. The lowest BCUT2D eigenvalue weighted by Crippen LogP contribution is -2.37. The molecule has 2 heterocycles. The minimum atomic E-state index is -0.0585. The third-order valence-corrected chi connectivity index (χ3v) is 5.06. The van der Waals surface area contributed by atoms with E-state index in [9.17, 15) is 4.79 Å². The Morgan fingerprint density at radius 2 is 1.91 bits per heavy atom. The maximum Gasteiger partial charge on any atom is 0.242 e. The summed E-state index contributed by atoms with van der Waals surface area (Å²) in [5.41, 5.74) is 2.13. The summed E-state index contributed by atoms with van der Waals surface area (Å²) in [6.45, 7) is 2.25. The van der Waals surface area contributed by atoms with Gasteiger partial charge in [0.25, 0.3) is 0 Å². The van der Waals surface area contributed by atoms with E-state index in [4.69, 9.17) is 0 Å². The fourth-order valence-corrected chi connectivity index (χ4v) is 3.84. The van der Waals surface area contributed by atoms with Crippen LogP contribution in [0, 0.1) is 0 Å². The Morgan fingerprint density at radius 3 is 2.57 bits per heavy atom. The van der Waals surface area contributed by atoms with Gasteiger partial charge in [-0.15, -0.1) is 36.6 Å². The Hall–Kier alpha value is -0.620. The zero-order valence-corrected chi connectivity index (χ0v) is 15.6. The summed E-state index contributed by atoms with van der Waals surface area (Å²) in [4.78, 5) is 14.6. The van der Waals surface area contributed by atoms with Crippen molar-refractivity contribution in [3.63, 3.8) is 0 Å². The molecule has 0 radical (unpaired) electrons. The standard InChI is InChI=1S/C16H23N3OS.2ClH/c20-16(15-11-21-12-17-15)18-13-6-5-7-14(10-13)19-8-3-1-2-4-9-19;;/h5-7,10,15,17H,1-4,8-9,11-12H2,(H,18,20);2*1H. The van der Waals surface area contributed by atoms with Gasteiger partial charge in [-0.25, -0.2) is 0 Å². The van der Waals surface area contributed by atoms with Crippen LogP contribution in [0.1, 0.15) is 25.7 Å².